The number of aromatic nitrogens is 1. The molecule has 2 aliphatic heterocycles. The maximum Gasteiger partial charge on any atom is 0.410 e. The van der Waals surface area contributed by atoms with E-state index in [1.165, 1.54) is 4.90 Å². The number of nitrogens with one attached hydrogen (secondary N) is 1. The van der Waals surface area contributed by atoms with E-state index in [1.807, 2.05) is 43.9 Å². The Morgan fingerprint density at radius 1 is 0.938 bits per heavy atom. The molecule has 262 valence electrons. The zero-order chi connectivity index (χ0) is 34.8. The summed E-state index contributed by atoms with van der Waals surface area (Å²) in [5, 5.41) is 3.51. The van der Waals surface area contributed by atoms with E-state index in [1.54, 1.807) is 31.4 Å². The Balaban J connectivity index is 1.20. The topological polar surface area (TPSA) is 95.1 Å². The molecule has 9 nitrogen and oxygen atoms in total. The van der Waals surface area contributed by atoms with Gasteiger partial charge in [0.2, 0.25) is 5.91 Å². The van der Waals surface area contributed by atoms with Gasteiger partial charge in [0.1, 0.15) is 11.9 Å². The minimum Gasteiger partial charge on any atom is -0.446 e. The summed E-state index contributed by atoms with van der Waals surface area (Å²) in [6, 6.07) is 10.6. The molecule has 3 amide bonds. The van der Waals surface area contributed by atoms with Crippen LogP contribution in [-0.2, 0) is 9.53 Å². The number of pyridine rings is 1. The highest BCUT2D eigenvalue weighted by Crippen LogP contribution is 2.39. The predicted octanol–water partition coefficient (Wildman–Crippen LogP) is 6.66. The lowest BCUT2D eigenvalue weighted by Gasteiger charge is -2.34. The molecule has 0 spiro atoms. The molecule has 0 bridgehead atoms. The number of carbonyl (C=O) groups excluding carboxylic acids is 3. The number of alkyl halides is 3. The first-order chi connectivity index (χ1) is 22.6. The van der Waals surface area contributed by atoms with Crippen molar-refractivity contribution in [3.63, 3.8) is 0 Å². The largest absolute Gasteiger partial charge is 0.446 e. The summed E-state index contributed by atoms with van der Waals surface area (Å²) in [5.74, 6) is -1.13. The van der Waals surface area contributed by atoms with Crippen molar-refractivity contribution < 1.29 is 32.3 Å². The zero-order valence-electron chi connectivity index (χ0n) is 27.9. The summed E-state index contributed by atoms with van der Waals surface area (Å²) in [7, 11) is 1.63. The van der Waals surface area contributed by atoms with Crippen molar-refractivity contribution >= 4 is 35.3 Å². The first-order valence-corrected chi connectivity index (χ1v) is 17.0. The number of anilines is 1. The molecule has 3 heterocycles. The van der Waals surface area contributed by atoms with Crippen LogP contribution in [0.1, 0.15) is 81.1 Å². The molecule has 2 atom stereocenters. The van der Waals surface area contributed by atoms with Gasteiger partial charge in [-0.1, -0.05) is 23.7 Å². The van der Waals surface area contributed by atoms with Crippen LogP contribution in [0, 0.1) is 11.8 Å². The normalized spacial score (nSPS) is 23.9. The number of piperidine rings is 1. The van der Waals surface area contributed by atoms with Crippen LogP contribution in [0.2, 0.25) is 5.02 Å². The molecule has 1 aromatic carbocycles. The van der Waals surface area contributed by atoms with Gasteiger partial charge in [0.05, 0.1) is 17.5 Å². The Kier molecular flexibility index (Phi) is 10.8. The van der Waals surface area contributed by atoms with Crippen molar-refractivity contribution in [2.24, 2.45) is 11.8 Å². The summed E-state index contributed by atoms with van der Waals surface area (Å²) in [6.45, 7) is 7.77. The molecule has 5 rings (SSSR count). The first-order valence-electron chi connectivity index (χ1n) is 16.7. The van der Waals surface area contributed by atoms with E-state index in [4.69, 9.17) is 16.3 Å². The molecule has 1 N–H and O–H groups in total. The lowest BCUT2D eigenvalue weighted by molar-refractivity contribution is -0.186. The molecule has 48 heavy (non-hydrogen) atoms. The second-order valence-corrected chi connectivity index (χ2v) is 14.8. The van der Waals surface area contributed by atoms with E-state index in [9.17, 15) is 27.6 Å². The van der Waals surface area contributed by atoms with Gasteiger partial charge in [-0.15, -0.1) is 0 Å². The fourth-order valence-corrected chi connectivity index (χ4v) is 7.13. The molecule has 1 saturated carbocycles. The van der Waals surface area contributed by atoms with Crippen molar-refractivity contribution in [3.8, 4) is 0 Å². The van der Waals surface area contributed by atoms with Gasteiger partial charge in [-0.3, -0.25) is 9.59 Å². The molecule has 1 aliphatic carbocycles. The Morgan fingerprint density at radius 2 is 1.58 bits per heavy atom. The number of ether oxygens (including phenoxy) is 1. The SMILES string of the molecule is CN(C(=O)O[C@H]1CC[C@H](C(F)(F)F)CC1)[C@@H]1CN(C(=O)C2CCN(c3ccc(C(=O)NC(C)(C)C)cn3)CC2)C[C@H]1c1ccc(Cl)cc1. The molecular weight excluding hydrogens is 647 g/mol. The number of halogens is 4. The number of hydrogen-bond donors (Lipinski definition) is 1. The molecule has 3 fully saturated rings. The van der Waals surface area contributed by atoms with Gasteiger partial charge in [0.15, 0.2) is 0 Å². The van der Waals surface area contributed by atoms with E-state index >= 15 is 0 Å². The fourth-order valence-electron chi connectivity index (χ4n) is 7.00. The molecule has 2 aromatic rings. The first kappa shape index (κ1) is 35.8. The third-order valence-corrected chi connectivity index (χ3v) is 10.0. The highest BCUT2D eigenvalue weighted by Gasteiger charge is 2.44. The van der Waals surface area contributed by atoms with Crippen molar-refractivity contribution in [1.82, 2.24) is 20.1 Å². The average molecular weight is 692 g/mol. The third-order valence-electron chi connectivity index (χ3n) is 9.76. The highest BCUT2D eigenvalue weighted by molar-refractivity contribution is 6.30. The van der Waals surface area contributed by atoms with Gasteiger partial charge >= 0.3 is 12.3 Å². The van der Waals surface area contributed by atoms with Crippen molar-refractivity contribution in [2.75, 3.05) is 38.1 Å². The van der Waals surface area contributed by atoms with Crippen LogP contribution in [-0.4, -0.2) is 89.8 Å². The lowest BCUT2D eigenvalue weighted by Crippen LogP contribution is -2.45. The van der Waals surface area contributed by atoms with E-state index < -0.39 is 24.3 Å². The lowest BCUT2D eigenvalue weighted by atomic mass is 9.87. The number of rotatable bonds is 6. The summed E-state index contributed by atoms with van der Waals surface area (Å²) in [6.07, 6.45) is -2.32. The second-order valence-electron chi connectivity index (χ2n) is 14.3. The van der Waals surface area contributed by atoms with Gasteiger partial charge in [-0.2, -0.15) is 13.2 Å². The van der Waals surface area contributed by atoms with Crippen LogP contribution in [0.25, 0.3) is 0 Å². The summed E-state index contributed by atoms with van der Waals surface area (Å²) in [5.41, 5.74) is 1.07. The Labute approximate surface area is 285 Å². The molecule has 0 radical (unpaired) electrons. The Morgan fingerprint density at radius 3 is 2.15 bits per heavy atom. The summed E-state index contributed by atoms with van der Waals surface area (Å²) >= 11 is 6.15. The Bertz CT molecular complexity index is 1430. The number of likely N-dealkylation sites (tertiary alicyclic amines) is 1. The third kappa shape index (κ3) is 8.73. The fraction of sp³-hybridized carbons (Fsp3) is 0.600. The monoisotopic (exact) mass is 691 g/mol. The smallest absolute Gasteiger partial charge is 0.410 e. The minimum absolute atomic E-state index is 0.0329. The number of benzene rings is 1. The second kappa shape index (κ2) is 14.5. The molecule has 1 aromatic heterocycles. The van der Waals surface area contributed by atoms with E-state index in [0.29, 0.717) is 49.6 Å². The van der Waals surface area contributed by atoms with Crippen molar-refractivity contribution in [2.45, 2.75) is 89.1 Å². The number of hydrogen-bond acceptors (Lipinski definition) is 6. The predicted molar refractivity (Wildman–Crippen MR) is 177 cm³/mol. The number of carbonyl (C=O) groups is 3. The van der Waals surface area contributed by atoms with E-state index in [2.05, 4.69) is 15.2 Å². The molecular formula is C35H45ClF3N5O4. The highest BCUT2D eigenvalue weighted by atomic mass is 35.5. The van der Waals surface area contributed by atoms with Crippen LogP contribution < -0.4 is 10.2 Å². The van der Waals surface area contributed by atoms with Crippen molar-refractivity contribution in [1.29, 1.82) is 0 Å². The number of amides is 3. The van der Waals surface area contributed by atoms with Gasteiger partial charge in [-0.05, 0) is 89.1 Å². The van der Waals surface area contributed by atoms with Crippen molar-refractivity contribution in [3.05, 3.63) is 58.7 Å². The maximum absolute atomic E-state index is 13.9. The quantitative estimate of drug-likeness (QED) is 0.364. The molecule has 13 heteroatoms. The van der Waals surface area contributed by atoms with Gasteiger partial charge in [0, 0.05) is 61.8 Å². The standard InChI is InChI=1S/C35H45ClF3N5O4/c1-34(2,3)41-31(45)24-7-14-30(40-19-24)43-17-15-23(16-18-43)32(46)44-20-28(22-5-10-26(36)11-6-22)29(21-44)42(4)33(47)48-27-12-8-25(9-13-27)35(37,38)39/h5-7,10-11,14,19,23,25,27-29H,8-9,12-13,15-18,20-21H2,1-4H3,(H,41,45)/t25-,27-,28-,29+/m0/s1. The maximum atomic E-state index is 13.9. The van der Waals surface area contributed by atoms with Crippen LogP contribution >= 0.6 is 11.6 Å². The van der Waals surface area contributed by atoms with E-state index in [0.717, 1.165) is 11.4 Å². The van der Waals surface area contributed by atoms with E-state index in [-0.39, 0.29) is 60.9 Å². The van der Waals surface area contributed by atoms with Crippen LogP contribution in [0.4, 0.5) is 23.8 Å². The molecule has 0 unspecified atom stereocenters. The molecule has 3 aliphatic rings. The van der Waals surface area contributed by atoms with Gasteiger partial charge in [0.25, 0.3) is 5.91 Å². The Hall–Kier alpha value is -3.54. The number of nitrogens with zero attached hydrogens (tertiary/aromatic N) is 4. The zero-order valence-corrected chi connectivity index (χ0v) is 28.7. The summed E-state index contributed by atoms with van der Waals surface area (Å²) in [4.78, 5) is 49.6. The van der Waals surface area contributed by atoms with Crippen LogP contribution in [0.15, 0.2) is 42.6 Å². The molecule has 2 saturated heterocycles. The minimum atomic E-state index is -4.23. The van der Waals surface area contributed by atoms with Gasteiger partial charge in [-0.25, -0.2) is 9.78 Å². The average Bonchev–Trinajstić information content (AvgIpc) is 3.49. The summed E-state index contributed by atoms with van der Waals surface area (Å²) < 4.78 is 45.1. The van der Waals surface area contributed by atoms with Gasteiger partial charge < -0.3 is 24.8 Å². The van der Waals surface area contributed by atoms with Crippen LogP contribution in [0.3, 0.4) is 0 Å². The number of likely N-dealkylation sites (N-methyl/N-ethyl adjacent to an activating group) is 1. The van der Waals surface area contributed by atoms with Crippen LogP contribution in [0.5, 0.6) is 0 Å².